The van der Waals surface area contributed by atoms with Crippen molar-refractivity contribution in [3.63, 3.8) is 0 Å². The second-order valence-corrected chi connectivity index (χ2v) is 16.3. The van der Waals surface area contributed by atoms with Gasteiger partial charge in [0.05, 0.1) is 0 Å². The van der Waals surface area contributed by atoms with Crippen LogP contribution >= 0.6 is 0 Å². The second kappa shape index (κ2) is 6.80. The first kappa shape index (κ1) is 17.6. The van der Waals surface area contributed by atoms with E-state index in [0.29, 0.717) is 0 Å². The summed E-state index contributed by atoms with van der Waals surface area (Å²) in [6, 6.07) is 15.5. The normalized spacial score (nSPS) is 11.9. The van der Waals surface area contributed by atoms with Crippen LogP contribution in [0.25, 0.3) is 0 Å². The third kappa shape index (κ3) is 6.50. The lowest BCUT2D eigenvalue weighted by atomic mass is 10.3. The summed E-state index contributed by atoms with van der Waals surface area (Å²) >= 11 is 0. The molecule has 23 heavy (non-hydrogen) atoms. The van der Waals surface area contributed by atoms with Gasteiger partial charge in [-0.3, -0.25) is 0 Å². The van der Waals surface area contributed by atoms with Gasteiger partial charge in [0, 0.05) is 0 Å². The van der Waals surface area contributed by atoms with Crippen LogP contribution in [0, 0.1) is 0 Å². The van der Waals surface area contributed by atoms with Crippen LogP contribution in [-0.2, 0) is 0 Å². The molecule has 0 bridgehead atoms. The Kier molecular flexibility index (Phi) is 5.21. The maximum Gasteiger partial charge on any atom is 0.242 e. The zero-order valence-electron chi connectivity index (χ0n) is 14.8. The lowest BCUT2D eigenvalue weighted by molar-refractivity contribution is 0.478. The first-order chi connectivity index (χ1) is 10.6. The van der Waals surface area contributed by atoms with E-state index < -0.39 is 16.6 Å². The minimum atomic E-state index is -1.57. The van der Waals surface area contributed by atoms with Crippen molar-refractivity contribution in [3.05, 3.63) is 48.5 Å². The van der Waals surface area contributed by atoms with Crippen molar-refractivity contribution >= 4 is 16.6 Å². The van der Waals surface area contributed by atoms with Gasteiger partial charge >= 0.3 is 0 Å². The fourth-order valence-corrected chi connectivity index (χ4v) is 3.68. The molecule has 0 heterocycles. The van der Waals surface area contributed by atoms with Crippen LogP contribution in [0.1, 0.15) is 0 Å². The van der Waals surface area contributed by atoms with Crippen LogP contribution < -0.4 is 13.6 Å². The number of ether oxygens (including phenoxy) is 1. The maximum absolute atomic E-state index is 5.94. The average Bonchev–Trinajstić information content (AvgIpc) is 2.40. The highest BCUT2D eigenvalue weighted by Crippen LogP contribution is 2.27. The lowest BCUT2D eigenvalue weighted by Crippen LogP contribution is -2.29. The molecule has 2 rings (SSSR count). The van der Waals surface area contributed by atoms with E-state index in [4.69, 9.17) is 13.6 Å². The van der Waals surface area contributed by atoms with E-state index in [-0.39, 0.29) is 0 Å². The minimum Gasteiger partial charge on any atom is -0.544 e. The second-order valence-electron chi connectivity index (χ2n) is 7.47. The Morgan fingerprint density at radius 2 is 0.739 bits per heavy atom. The van der Waals surface area contributed by atoms with Crippen LogP contribution in [0.5, 0.6) is 23.0 Å². The van der Waals surface area contributed by atoms with Gasteiger partial charge in [0.2, 0.25) is 16.6 Å². The summed E-state index contributed by atoms with van der Waals surface area (Å²) in [5.74, 6) is 3.39. The summed E-state index contributed by atoms with van der Waals surface area (Å²) in [7, 11) is -3.13. The molecule has 0 radical (unpaired) electrons. The minimum absolute atomic E-state index is 0.798. The van der Waals surface area contributed by atoms with Crippen molar-refractivity contribution < 1.29 is 13.6 Å². The Balaban J connectivity index is 1.99. The molecular formula is C18H26O3Si2. The topological polar surface area (TPSA) is 27.7 Å². The first-order valence-corrected chi connectivity index (χ1v) is 14.7. The molecule has 3 nitrogen and oxygen atoms in total. The Morgan fingerprint density at radius 1 is 0.478 bits per heavy atom. The zero-order chi connectivity index (χ0) is 17.1. The third-order valence-corrected chi connectivity index (χ3v) is 4.43. The van der Waals surface area contributed by atoms with Crippen LogP contribution in [-0.4, -0.2) is 16.6 Å². The molecule has 0 aromatic heterocycles. The van der Waals surface area contributed by atoms with Crippen LogP contribution in [0.3, 0.4) is 0 Å². The smallest absolute Gasteiger partial charge is 0.242 e. The number of rotatable bonds is 6. The molecule has 124 valence electrons. The maximum atomic E-state index is 5.94. The van der Waals surface area contributed by atoms with Gasteiger partial charge in [0.25, 0.3) is 0 Å². The molecule has 0 spiro atoms. The van der Waals surface area contributed by atoms with E-state index in [1.165, 1.54) is 0 Å². The molecular weight excluding hydrogens is 320 g/mol. The summed E-state index contributed by atoms with van der Waals surface area (Å²) in [4.78, 5) is 0. The fraction of sp³-hybridized carbons (Fsp3) is 0.333. The number of hydrogen-bond acceptors (Lipinski definition) is 3. The Labute approximate surface area is 141 Å². The molecule has 0 saturated heterocycles. The van der Waals surface area contributed by atoms with Gasteiger partial charge in [-0.25, -0.2) is 0 Å². The highest BCUT2D eigenvalue weighted by Gasteiger charge is 2.17. The molecule has 0 N–H and O–H groups in total. The quantitative estimate of drug-likeness (QED) is 0.609. The molecule has 2 aromatic rings. The van der Waals surface area contributed by atoms with E-state index in [9.17, 15) is 0 Å². The summed E-state index contributed by atoms with van der Waals surface area (Å²) in [5, 5.41) is 0. The Morgan fingerprint density at radius 3 is 1.00 bits per heavy atom. The average molecular weight is 347 g/mol. The predicted molar refractivity (Wildman–Crippen MR) is 101 cm³/mol. The Bertz CT molecular complexity index is 566. The summed E-state index contributed by atoms with van der Waals surface area (Å²) in [6.45, 7) is 13.0. The van der Waals surface area contributed by atoms with Crippen molar-refractivity contribution in [3.8, 4) is 23.0 Å². The fourth-order valence-electron chi connectivity index (χ4n) is 1.99. The molecule has 2 aromatic carbocycles. The monoisotopic (exact) mass is 346 g/mol. The first-order valence-electron chi connectivity index (χ1n) is 7.87. The molecule has 0 aliphatic heterocycles. The van der Waals surface area contributed by atoms with Crippen molar-refractivity contribution in [2.75, 3.05) is 0 Å². The molecule has 0 fully saturated rings. The predicted octanol–water partition coefficient (Wildman–Crippen LogP) is 5.91. The van der Waals surface area contributed by atoms with Crippen molar-refractivity contribution in [2.24, 2.45) is 0 Å². The van der Waals surface area contributed by atoms with Gasteiger partial charge in [-0.2, -0.15) is 0 Å². The highest BCUT2D eigenvalue weighted by molar-refractivity contribution is 6.70. The van der Waals surface area contributed by atoms with Gasteiger partial charge in [-0.15, -0.1) is 0 Å². The number of benzene rings is 2. The SMILES string of the molecule is C[Si](C)(C)Oc1ccc(Oc2ccc(O[Si](C)(C)C)cc2)cc1. The van der Waals surface area contributed by atoms with Crippen molar-refractivity contribution in [2.45, 2.75) is 39.3 Å². The third-order valence-electron chi connectivity index (χ3n) is 2.73. The molecule has 0 aliphatic carbocycles. The molecule has 0 amide bonds. The molecule has 0 unspecified atom stereocenters. The van der Waals surface area contributed by atoms with Crippen LogP contribution in [0.2, 0.25) is 39.3 Å². The molecule has 0 aliphatic rings. The standard InChI is InChI=1S/C18H26O3Si2/c1-22(2,3)20-17-11-7-15(8-12-17)19-16-9-13-18(14-10-16)21-23(4,5)6/h7-14H,1-6H3. The van der Waals surface area contributed by atoms with Crippen LogP contribution in [0.15, 0.2) is 48.5 Å². The van der Waals surface area contributed by atoms with Crippen molar-refractivity contribution in [1.82, 2.24) is 0 Å². The summed E-state index contributed by atoms with van der Waals surface area (Å²) < 4.78 is 17.7. The van der Waals surface area contributed by atoms with E-state index in [0.717, 1.165) is 23.0 Å². The van der Waals surface area contributed by atoms with E-state index in [1.807, 2.05) is 48.5 Å². The van der Waals surface area contributed by atoms with Gasteiger partial charge in [-0.1, -0.05) is 0 Å². The van der Waals surface area contributed by atoms with Gasteiger partial charge < -0.3 is 13.6 Å². The summed E-state index contributed by atoms with van der Waals surface area (Å²) in [5.41, 5.74) is 0. The summed E-state index contributed by atoms with van der Waals surface area (Å²) in [6.07, 6.45) is 0. The lowest BCUT2D eigenvalue weighted by Gasteiger charge is -2.19. The Hall–Kier alpha value is -1.73. The molecule has 0 saturated carbocycles. The molecule has 5 heteroatoms. The largest absolute Gasteiger partial charge is 0.544 e. The van der Waals surface area contributed by atoms with E-state index >= 15 is 0 Å². The van der Waals surface area contributed by atoms with Crippen molar-refractivity contribution in [1.29, 1.82) is 0 Å². The van der Waals surface area contributed by atoms with Gasteiger partial charge in [-0.05, 0) is 87.8 Å². The molecule has 0 atom stereocenters. The highest BCUT2D eigenvalue weighted by atomic mass is 28.4. The van der Waals surface area contributed by atoms with Crippen LogP contribution in [0.4, 0.5) is 0 Å². The van der Waals surface area contributed by atoms with Gasteiger partial charge in [0.15, 0.2) is 0 Å². The van der Waals surface area contributed by atoms with E-state index in [2.05, 4.69) is 39.3 Å². The number of hydrogen-bond donors (Lipinski definition) is 0. The van der Waals surface area contributed by atoms with Gasteiger partial charge in [0.1, 0.15) is 23.0 Å². The zero-order valence-corrected chi connectivity index (χ0v) is 16.8. The van der Waals surface area contributed by atoms with E-state index in [1.54, 1.807) is 0 Å².